The Morgan fingerprint density at radius 2 is 1.75 bits per heavy atom. The Hall–Kier alpha value is 0.870. The Bertz CT molecular complexity index is 3.25. The van der Waals surface area contributed by atoms with Gasteiger partial charge < -0.3 is 6.92 Å². The van der Waals surface area contributed by atoms with Crippen molar-refractivity contribution in [2.45, 2.75) is 13.3 Å². The molecule has 0 saturated carbocycles. The van der Waals surface area contributed by atoms with Crippen molar-refractivity contribution in [1.29, 1.82) is 0 Å². The first-order valence-electron chi connectivity index (χ1n) is 1.21. The van der Waals surface area contributed by atoms with Gasteiger partial charge in [0.1, 0.15) is 0 Å². The van der Waals surface area contributed by atoms with Crippen LogP contribution in [0.3, 0.4) is 0 Å². The van der Waals surface area contributed by atoms with Gasteiger partial charge >= 0.3 is 0 Å². The van der Waals surface area contributed by atoms with Gasteiger partial charge in [-0.05, 0) is 0 Å². The molecule has 0 fully saturated rings. The van der Waals surface area contributed by atoms with Gasteiger partial charge in [0, 0.05) is 25.8 Å². The molecule has 24 valence electrons. The van der Waals surface area contributed by atoms with Crippen LogP contribution in [0.2, 0.25) is 0 Å². The van der Waals surface area contributed by atoms with E-state index in [-0.39, 0.29) is 25.8 Å². The molecule has 0 aliphatic carbocycles. The van der Waals surface area contributed by atoms with Gasteiger partial charge in [-0.25, -0.2) is 0 Å². The second-order valence-corrected chi connectivity index (χ2v) is 0.500. The quantitative estimate of drug-likeness (QED) is 0.426. The number of rotatable bonds is 0. The van der Waals surface area contributed by atoms with Crippen LogP contribution in [0.1, 0.15) is 13.3 Å². The standard InChI is InChI=1S/C3H7.Hf/c1-3-2;/h1,3H2,2H3;/q-1;. The second-order valence-electron chi connectivity index (χ2n) is 0.500. The first kappa shape index (κ1) is 8.85. The first-order valence-corrected chi connectivity index (χ1v) is 1.21. The van der Waals surface area contributed by atoms with Crippen LogP contribution in [0.15, 0.2) is 0 Å². The van der Waals surface area contributed by atoms with E-state index in [1.54, 1.807) is 0 Å². The fourth-order valence-corrected chi connectivity index (χ4v) is 0. The molecule has 4 heavy (non-hydrogen) atoms. The van der Waals surface area contributed by atoms with Gasteiger partial charge in [0.15, 0.2) is 0 Å². The molecule has 0 spiro atoms. The minimum absolute atomic E-state index is 0. The Morgan fingerprint density at radius 3 is 1.75 bits per heavy atom. The summed E-state index contributed by atoms with van der Waals surface area (Å²) in [6.45, 7) is 5.50. The van der Waals surface area contributed by atoms with Crippen molar-refractivity contribution in [3.05, 3.63) is 6.92 Å². The van der Waals surface area contributed by atoms with E-state index in [2.05, 4.69) is 6.92 Å². The van der Waals surface area contributed by atoms with Gasteiger partial charge in [-0.15, -0.1) is 0 Å². The Kier molecular flexibility index (Phi) is 20.2. The van der Waals surface area contributed by atoms with Gasteiger partial charge in [0.2, 0.25) is 0 Å². The molecule has 0 aliphatic heterocycles. The molecule has 0 nitrogen and oxygen atoms in total. The zero-order valence-corrected chi connectivity index (χ0v) is 6.51. The SMILES string of the molecule is [CH2-]CC.[Hf]. The maximum atomic E-state index is 3.49. The maximum Gasteiger partial charge on any atom is 0 e. The van der Waals surface area contributed by atoms with Crippen LogP contribution in [-0.2, 0) is 25.8 Å². The third-order valence-electron chi connectivity index (χ3n) is 0. The van der Waals surface area contributed by atoms with Crippen LogP contribution in [0.25, 0.3) is 0 Å². The van der Waals surface area contributed by atoms with E-state index in [0.29, 0.717) is 0 Å². The molecule has 0 aromatic rings. The van der Waals surface area contributed by atoms with E-state index in [0.717, 1.165) is 6.42 Å². The van der Waals surface area contributed by atoms with Crippen molar-refractivity contribution in [3.8, 4) is 0 Å². The molecule has 0 unspecified atom stereocenters. The minimum atomic E-state index is 0. The summed E-state index contributed by atoms with van der Waals surface area (Å²) in [6.07, 6.45) is 1.00. The van der Waals surface area contributed by atoms with Crippen LogP contribution in [0.5, 0.6) is 0 Å². The van der Waals surface area contributed by atoms with Crippen LogP contribution in [0, 0.1) is 6.92 Å². The fourth-order valence-electron chi connectivity index (χ4n) is 0. The Morgan fingerprint density at radius 1 is 1.75 bits per heavy atom. The number of hydrogen-bond donors (Lipinski definition) is 0. The molecular weight excluding hydrogens is 215 g/mol. The largest absolute Gasteiger partial charge is 0.344 e. The number of hydrogen-bond acceptors (Lipinski definition) is 0. The summed E-state index contributed by atoms with van der Waals surface area (Å²) in [5.74, 6) is 0. The van der Waals surface area contributed by atoms with Crippen molar-refractivity contribution >= 4 is 0 Å². The molecule has 0 aromatic carbocycles. The minimum Gasteiger partial charge on any atom is -0.344 e. The van der Waals surface area contributed by atoms with Gasteiger partial charge in [-0.2, -0.15) is 6.42 Å². The molecule has 0 saturated heterocycles. The average Bonchev–Trinajstić information content (AvgIpc) is 0.918. The Balaban J connectivity index is 0. The first-order chi connectivity index (χ1) is 1.41. The van der Waals surface area contributed by atoms with E-state index in [9.17, 15) is 0 Å². The average molecular weight is 222 g/mol. The summed E-state index contributed by atoms with van der Waals surface area (Å²) in [7, 11) is 0. The zero-order chi connectivity index (χ0) is 2.71. The molecule has 0 aromatic heterocycles. The molecule has 0 bridgehead atoms. The summed E-state index contributed by atoms with van der Waals surface area (Å²) in [4.78, 5) is 0. The van der Waals surface area contributed by atoms with Crippen molar-refractivity contribution in [2.75, 3.05) is 0 Å². The summed E-state index contributed by atoms with van der Waals surface area (Å²) >= 11 is 0. The van der Waals surface area contributed by atoms with Crippen molar-refractivity contribution < 1.29 is 25.8 Å². The van der Waals surface area contributed by atoms with Gasteiger partial charge in [0.05, 0.1) is 0 Å². The summed E-state index contributed by atoms with van der Waals surface area (Å²) in [5, 5.41) is 0. The molecular formula is C3H7Hf-. The molecule has 0 aliphatic rings. The molecule has 0 N–H and O–H groups in total. The van der Waals surface area contributed by atoms with E-state index in [4.69, 9.17) is 0 Å². The molecule has 0 amide bonds. The monoisotopic (exact) mass is 223 g/mol. The van der Waals surface area contributed by atoms with E-state index >= 15 is 0 Å². The van der Waals surface area contributed by atoms with Gasteiger partial charge in [0.25, 0.3) is 0 Å². The van der Waals surface area contributed by atoms with Crippen LogP contribution < -0.4 is 0 Å². The Labute approximate surface area is 46.4 Å². The summed E-state index contributed by atoms with van der Waals surface area (Å²) in [5.41, 5.74) is 0. The molecule has 0 heterocycles. The third kappa shape index (κ3) is 13.3. The van der Waals surface area contributed by atoms with Gasteiger partial charge in [-0.3, -0.25) is 0 Å². The summed E-state index contributed by atoms with van der Waals surface area (Å²) in [6, 6.07) is 0. The van der Waals surface area contributed by atoms with Crippen LogP contribution >= 0.6 is 0 Å². The van der Waals surface area contributed by atoms with Crippen molar-refractivity contribution in [1.82, 2.24) is 0 Å². The molecule has 0 radical (unpaired) electrons. The molecule has 0 rings (SSSR count). The molecule has 1 heteroatoms. The van der Waals surface area contributed by atoms with E-state index in [1.807, 2.05) is 6.92 Å². The predicted molar refractivity (Wildman–Crippen MR) is 15.6 cm³/mol. The smallest absolute Gasteiger partial charge is 0 e. The fraction of sp³-hybridized carbons (Fsp3) is 0.667. The predicted octanol–water partition coefficient (Wildman–Crippen LogP) is 1.23. The normalized spacial score (nSPS) is 4.50. The van der Waals surface area contributed by atoms with E-state index in [1.165, 1.54) is 0 Å². The van der Waals surface area contributed by atoms with Crippen molar-refractivity contribution in [2.24, 2.45) is 0 Å². The maximum absolute atomic E-state index is 3.49. The topological polar surface area (TPSA) is 0 Å². The zero-order valence-electron chi connectivity index (χ0n) is 2.91. The van der Waals surface area contributed by atoms with E-state index < -0.39 is 0 Å². The second kappa shape index (κ2) is 9.12. The van der Waals surface area contributed by atoms with Crippen LogP contribution in [0.4, 0.5) is 0 Å². The summed E-state index contributed by atoms with van der Waals surface area (Å²) < 4.78 is 0. The van der Waals surface area contributed by atoms with Gasteiger partial charge in [-0.1, -0.05) is 6.92 Å². The van der Waals surface area contributed by atoms with Crippen LogP contribution in [-0.4, -0.2) is 0 Å². The third-order valence-corrected chi connectivity index (χ3v) is 0. The van der Waals surface area contributed by atoms with Crippen molar-refractivity contribution in [3.63, 3.8) is 0 Å². The molecule has 0 atom stereocenters.